The smallest absolute Gasteiger partial charge is 0.191 e. The second-order valence-electron chi connectivity index (χ2n) is 7.96. The second-order valence-corrected chi connectivity index (χ2v) is 8.74. The van der Waals surface area contributed by atoms with Crippen LogP contribution in [0.4, 0.5) is 0 Å². The summed E-state index contributed by atoms with van der Waals surface area (Å²) in [4.78, 5) is 4.68. The van der Waals surface area contributed by atoms with Crippen LogP contribution in [-0.4, -0.2) is 51.0 Å². The molecule has 3 N–H and O–H groups in total. The van der Waals surface area contributed by atoms with E-state index in [0.717, 1.165) is 50.5 Å². The molecule has 2 heterocycles. The molecule has 1 atom stereocenters. The van der Waals surface area contributed by atoms with Crippen LogP contribution in [0.15, 0.2) is 46.1 Å². The summed E-state index contributed by atoms with van der Waals surface area (Å²) >= 11 is 1.58. The molecule has 172 valence electrons. The van der Waals surface area contributed by atoms with Crippen LogP contribution in [0.2, 0.25) is 0 Å². The van der Waals surface area contributed by atoms with Crippen molar-refractivity contribution in [1.29, 1.82) is 0 Å². The zero-order valence-corrected chi connectivity index (χ0v) is 21.7. The molecule has 0 spiro atoms. The molecule has 8 heteroatoms. The highest BCUT2D eigenvalue weighted by Crippen LogP contribution is 2.35. The standard InChI is InChI=1S/C23H33N3O3S.HI/c1-4-24-21(25-16-22(2,27)19-9-14-30-15-19)26-17-23(10-12-29-13-11-23)18-5-7-20(28-3)8-6-18;/h5-9,14-15,27H,4,10-13,16-17H2,1-3H3,(H2,24,25,26);1H. The van der Waals surface area contributed by atoms with E-state index in [4.69, 9.17) is 9.47 Å². The number of nitrogens with zero attached hydrogens (tertiary/aromatic N) is 1. The molecule has 0 amide bonds. The number of aliphatic imine (C=N–C) groups is 1. The van der Waals surface area contributed by atoms with Gasteiger partial charge in [-0.1, -0.05) is 12.1 Å². The Kier molecular flexibility index (Phi) is 10.1. The number of benzene rings is 1. The van der Waals surface area contributed by atoms with Gasteiger partial charge in [0.05, 0.1) is 13.7 Å². The van der Waals surface area contributed by atoms with Gasteiger partial charge < -0.3 is 25.2 Å². The SMILES string of the molecule is CCNC(=NCC(C)(O)c1ccsc1)NCC1(c2ccc(OC)cc2)CCOCC1.I. The molecule has 0 bridgehead atoms. The maximum absolute atomic E-state index is 10.8. The van der Waals surface area contributed by atoms with E-state index < -0.39 is 5.60 Å². The van der Waals surface area contributed by atoms with E-state index in [-0.39, 0.29) is 35.9 Å². The van der Waals surface area contributed by atoms with Crippen LogP contribution in [0, 0.1) is 0 Å². The van der Waals surface area contributed by atoms with Gasteiger partial charge in [0.15, 0.2) is 5.96 Å². The summed E-state index contributed by atoms with van der Waals surface area (Å²) < 4.78 is 11.0. The molecular formula is C23H34IN3O3S. The number of hydrogen-bond acceptors (Lipinski definition) is 5. The number of ether oxygens (including phenoxy) is 2. The first kappa shape index (κ1) is 25.9. The predicted molar refractivity (Wildman–Crippen MR) is 138 cm³/mol. The average molecular weight is 560 g/mol. The van der Waals surface area contributed by atoms with Crippen molar-refractivity contribution in [3.63, 3.8) is 0 Å². The highest BCUT2D eigenvalue weighted by atomic mass is 127. The summed E-state index contributed by atoms with van der Waals surface area (Å²) in [6.07, 6.45) is 1.89. The molecule has 3 rings (SSSR count). The van der Waals surface area contributed by atoms with E-state index >= 15 is 0 Å². The van der Waals surface area contributed by atoms with Gasteiger partial charge >= 0.3 is 0 Å². The van der Waals surface area contributed by atoms with Gasteiger partial charge in [-0.25, -0.2) is 4.99 Å². The summed E-state index contributed by atoms with van der Waals surface area (Å²) in [5.74, 6) is 1.58. The zero-order chi connectivity index (χ0) is 21.5. The Labute approximate surface area is 206 Å². The molecule has 0 aliphatic carbocycles. The quantitative estimate of drug-likeness (QED) is 0.260. The maximum atomic E-state index is 10.8. The number of nitrogens with one attached hydrogen (secondary N) is 2. The van der Waals surface area contributed by atoms with Crippen LogP contribution >= 0.6 is 35.3 Å². The third-order valence-corrected chi connectivity index (χ3v) is 6.46. The van der Waals surface area contributed by atoms with Crippen molar-refractivity contribution >= 4 is 41.3 Å². The lowest BCUT2D eigenvalue weighted by Gasteiger charge is -2.38. The largest absolute Gasteiger partial charge is 0.497 e. The fourth-order valence-electron chi connectivity index (χ4n) is 3.76. The molecule has 0 saturated carbocycles. The van der Waals surface area contributed by atoms with Crippen molar-refractivity contribution in [3.05, 3.63) is 52.2 Å². The Morgan fingerprint density at radius 2 is 1.94 bits per heavy atom. The van der Waals surface area contributed by atoms with Gasteiger partial charge in [-0.3, -0.25) is 0 Å². The van der Waals surface area contributed by atoms with Gasteiger partial charge in [-0.05, 0) is 66.8 Å². The van der Waals surface area contributed by atoms with Crippen LogP contribution in [0.5, 0.6) is 5.75 Å². The molecule has 6 nitrogen and oxygen atoms in total. The molecule has 1 saturated heterocycles. The monoisotopic (exact) mass is 559 g/mol. The van der Waals surface area contributed by atoms with E-state index in [9.17, 15) is 5.11 Å². The molecule has 2 aromatic rings. The second kappa shape index (κ2) is 12.0. The average Bonchev–Trinajstić information content (AvgIpc) is 3.32. The van der Waals surface area contributed by atoms with Crippen LogP contribution in [0.3, 0.4) is 0 Å². The van der Waals surface area contributed by atoms with Gasteiger partial charge in [0.25, 0.3) is 0 Å². The number of thiophene rings is 1. The van der Waals surface area contributed by atoms with Gasteiger partial charge in [0, 0.05) is 31.7 Å². The number of halogens is 1. The Hall–Kier alpha value is -1.36. The first-order valence-corrected chi connectivity index (χ1v) is 11.4. The van der Waals surface area contributed by atoms with Crippen LogP contribution < -0.4 is 15.4 Å². The van der Waals surface area contributed by atoms with E-state index in [2.05, 4.69) is 27.8 Å². The zero-order valence-electron chi connectivity index (χ0n) is 18.5. The number of guanidine groups is 1. The number of methoxy groups -OCH3 is 1. The Morgan fingerprint density at radius 3 is 2.52 bits per heavy atom. The molecule has 31 heavy (non-hydrogen) atoms. The van der Waals surface area contributed by atoms with E-state index in [1.165, 1.54) is 5.56 Å². The first-order chi connectivity index (χ1) is 14.5. The molecule has 1 aliphatic rings. The number of hydrogen-bond donors (Lipinski definition) is 3. The van der Waals surface area contributed by atoms with Gasteiger partial charge in [0.2, 0.25) is 0 Å². The lowest BCUT2D eigenvalue weighted by atomic mass is 9.74. The van der Waals surface area contributed by atoms with Crippen molar-refractivity contribution in [1.82, 2.24) is 10.6 Å². The van der Waals surface area contributed by atoms with Gasteiger partial charge in [-0.15, -0.1) is 24.0 Å². The molecule has 1 unspecified atom stereocenters. The van der Waals surface area contributed by atoms with E-state index in [0.29, 0.717) is 5.96 Å². The predicted octanol–water partition coefficient (Wildman–Crippen LogP) is 3.89. The van der Waals surface area contributed by atoms with Gasteiger partial charge in [-0.2, -0.15) is 11.3 Å². The third kappa shape index (κ3) is 6.81. The first-order valence-electron chi connectivity index (χ1n) is 10.5. The lowest BCUT2D eigenvalue weighted by molar-refractivity contribution is 0.0513. The highest BCUT2D eigenvalue weighted by Gasteiger charge is 2.35. The Bertz CT molecular complexity index is 804. The highest BCUT2D eigenvalue weighted by molar-refractivity contribution is 14.0. The number of aliphatic hydroxyl groups is 1. The van der Waals surface area contributed by atoms with Crippen LogP contribution in [0.25, 0.3) is 0 Å². The normalized spacial score (nSPS) is 17.9. The minimum Gasteiger partial charge on any atom is -0.497 e. The van der Waals surface area contributed by atoms with Crippen molar-refractivity contribution in [3.8, 4) is 5.75 Å². The van der Waals surface area contributed by atoms with Crippen molar-refractivity contribution in [2.75, 3.05) is 40.0 Å². The molecule has 1 aromatic carbocycles. The summed E-state index contributed by atoms with van der Waals surface area (Å²) in [5.41, 5.74) is 1.15. The summed E-state index contributed by atoms with van der Waals surface area (Å²) in [5, 5.41) is 21.6. The topological polar surface area (TPSA) is 75.1 Å². The summed E-state index contributed by atoms with van der Waals surface area (Å²) in [7, 11) is 1.69. The molecule has 1 aromatic heterocycles. The summed E-state index contributed by atoms with van der Waals surface area (Å²) in [6.45, 7) is 7.13. The minimum absolute atomic E-state index is 0. The Morgan fingerprint density at radius 1 is 1.23 bits per heavy atom. The van der Waals surface area contributed by atoms with Crippen LogP contribution in [-0.2, 0) is 15.8 Å². The summed E-state index contributed by atoms with van der Waals surface area (Å²) in [6, 6.07) is 10.3. The number of rotatable bonds is 8. The van der Waals surface area contributed by atoms with Crippen molar-refractivity contribution in [2.45, 2.75) is 37.7 Å². The maximum Gasteiger partial charge on any atom is 0.191 e. The van der Waals surface area contributed by atoms with Crippen LogP contribution in [0.1, 0.15) is 37.8 Å². The molecular weight excluding hydrogens is 525 g/mol. The van der Waals surface area contributed by atoms with Crippen molar-refractivity contribution in [2.24, 2.45) is 4.99 Å². The fraction of sp³-hybridized carbons (Fsp3) is 0.522. The van der Waals surface area contributed by atoms with E-state index in [1.54, 1.807) is 25.4 Å². The fourth-order valence-corrected chi connectivity index (χ4v) is 4.55. The van der Waals surface area contributed by atoms with E-state index in [1.807, 2.05) is 35.9 Å². The third-order valence-electron chi connectivity index (χ3n) is 5.78. The molecule has 1 fully saturated rings. The molecule has 1 aliphatic heterocycles. The molecule has 0 radical (unpaired) electrons. The minimum atomic E-state index is -0.991. The van der Waals surface area contributed by atoms with Crippen molar-refractivity contribution < 1.29 is 14.6 Å². The Balaban J connectivity index is 0.00000341. The van der Waals surface area contributed by atoms with Gasteiger partial charge in [0.1, 0.15) is 11.4 Å². The lowest BCUT2D eigenvalue weighted by Crippen LogP contribution is -2.48.